The number of ether oxygens (including phenoxy) is 1. The van der Waals surface area contributed by atoms with E-state index in [1.54, 1.807) is 31.2 Å². The van der Waals surface area contributed by atoms with E-state index in [1.165, 1.54) is 16.7 Å². The number of nitrogens with zero attached hydrogens (tertiary/aromatic N) is 1. The summed E-state index contributed by atoms with van der Waals surface area (Å²) in [4.78, 5) is 25.3. The first-order valence-corrected chi connectivity index (χ1v) is 9.48. The minimum atomic E-state index is -0.543. The maximum atomic E-state index is 13.2. The minimum Gasteiger partial charge on any atom is -0.425 e. The number of benzene rings is 3. The fourth-order valence-electron chi connectivity index (χ4n) is 3.15. The lowest BCUT2D eigenvalue weighted by Crippen LogP contribution is -2.23. The van der Waals surface area contributed by atoms with Gasteiger partial charge < -0.3 is 4.74 Å². The summed E-state index contributed by atoms with van der Waals surface area (Å²) in [6.45, 7) is 1.58. The molecule has 0 saturated carbocycles. The van der Waals surface area contributed by atoms with Gasteiger partial charge in [0.1, 0.15) is 18.1 Å². The lowest BCUT2D eigenvalue weighted by atomic mass is 10.1. The summed E-state index contributed by atoms with van der Waals surface area (Å²) in [6, 6.07) is 19.0. The van der Waals surface area contributed by atoms with Gasteiger partial charge in [0.2, 0.25) is 0 Å². The van der Waals surface area contributed by atoms with Crippen LogP contribution in [-0.2, 0) is 11.3 Å². The van der Waals surface area contributed by atoms with Crippen LogP contribution in [0.2, 0.25) is 0 Å². The first-order valence-electron chi connectivity index (χ1n) is 8.67. The Labute approximate surface area is 164 Å². The number of fused-ring (bicyclic) bond motifs is 1. The average Bonchev–Trinajstić information content (AvgIpc) is 2.95. The molecule has 0 bridgehead atoms. The molecule has 4 aromatic rings. The van der Waals surface area contributed by atoms with E-state index in [9.17, 15) is 14.0 Å². The molecular weight excluding hydrogens is 377 g/mol. The van der Waals surface area contributed by atoms with Crippen molar-refractivity contribution in [3.8, 4) is 17.0 Å². The van der Waals surface area contributed by atoms with Gasteiger partial charge in [-0.3, -0.25) is 9.36 Å². The Morgan fingerprint density at radius 3 is 2.50 bits per heavy atom. The molecule has 0 aliphatic heterocycles. The summed E-state index contributed by atoms with van der Waals surface area (Å²) in [5, 5.41) is 2.01. The fraction of sp³-hybridized carbons (Fsp3) is 0.0909. The van der Waals surface area contributed by atoms with Gasteiger partial charge in [-0.25, -0.2) is 9.18 Å². The Bertz CT molecular complexity index is 1220. The van der Waals surface area contributed by atoms with Gasteiger partial charge in [0, 0.05) is 4.88 Å². The first-order chi connectivity index (χ1) is 13.5. The molecule has 0 amide bonds. The van der Waals surface area contributed by atoms with Gasteiger partial charge >= 0.3 is 10.8 Å². The molecule has 0 aliphatic carbocycles. The number of esters is 1. The Balaban J connectivity index is 1.60. The third-order valence-electron chi connectivity index (χ3n) is 4.42. The number of carbonyl (C=O) groups is 1. The molecule has 0 atom stereocenters. The molecule has 0 N–H and O–H groups in total. The molecule has 4 rings (SSSR count). The van der Waals surface area contributed by atoms with Crippen molar-refractivity contribution in [3.63, 3.8) is 0 Å². The topological polar surface area (TPSA) is 48.3 Å². The summed E-state index contributed by atoms with van der Waals surface area (Å²) in [7, 11) is 0. The predicted molar refractivity (Wildman–Crippen MR) is 108 cm³/mol. The molecule has 0 aliphatic rings. The SMILES string of the molecule is Cc1sc(=O)n(CC(=O)Oc2ccc3ccccc3c2)c1-c1ccc(F)cc1. The lowest BCUT2D eigenvalue weighted by Gasteiger charge is -2.10. The maximum absolute atomic E-state index is 13.2. The van der Waals surface area contributed by atoms with E-state index in [0.717, 1.165) is 27.0 Å². The molecule has 0 saturated heterocycles. The summed E-state index contributed by atoms with van der Waals surface area (Å²) in [6.07, 6.45) is 0. The summed E-state index contributed by atoms with van der Waals surface area (Å²) < 4.78 is 20.1. The lowest BCUT2D eigenvalue weighted by molar-refractivity contribution is -0.135. The second-order valence-electron chi connectivity index (χ2n) is 6.35. The Morgan fingerprint density at radius 1 is 1.04 bits per heavy atom. The molecule has 4 nitrogen and oxygen atoms in total. The smallest absolute Gasteiger partial charge is 0.331 e. The highest BCUT2D eigenvalue weighted by atomic mass is 32.1. The van der Waals surface area contributed by atoms with E-state index in [2.05, 4.69) is 0 Å². The van der Waals surface area contributed by atoms with Crippen LogP contribution in [0.3, 0.4) is 0 Å². The number of hydrogen-bond acceptors (Lipinski definition) is 4. The summed E-state index contributed by atoms with van der Waals surface area (Å²) in [5.41, 5.74) is 1.28. The zero-order valence-corrected chi connectivity index (χ0v) is 15.8. The molecule has 0 spiro atoms. The van der Waals surface area contributed by atoms with Crippen LogP contribution in [0.4, 0.5) is 4.39 Å². The van der Waals surface area contributed by atoms with Crippen molar-refractivity contribution in [1.29, 1.82) is 0 Å². The molecular formula is C22H16FNO3S. The van der Waals surface area contributed by atoms with Crippen LogP contribution < -0.4 is 9.61 Å². The number of carbonyl (C=O) groups excluding carboxylic acids is 1. The number of hydrogen-bond donors (Lipinski definition) is 0. The quantitative estimate of drug-likeness (QED) is 0.370. The molecule has 28 heavy (non-hydrogen) atoms. The van der Waals surface area contributed by atoms with Gasteiger partial charge in [-0.2, -0.15) is 0 Å². The number of thiazole rings is 1. The van der Waals surface area contributed by atoms with Gasteiger partial charge in [0.05, 0.1) is 5.69 Å². The van der Waals surface area contributed by atoms with Crippen molar-refractivity contribution in [2.24, 2.45) is 0 Å². The molecule has 0 fully saturated rings. The molecule has 3 aromatic carbocycles. The molecule has 0 unspecified atom stereocenters. The fourth-order valence-corrected chi connectivity index (χ4v) is 4.00. The highest BCUT2D eigenvalue weighted by molar-refractivity contribution is 7.09. The minimum absolute atomic E-state index is 0.220. The van der Waals surface area contributed by atoms with Crippen molar-refractivity contribution in [2.75, 3.05) is 0 Å². The Morgan fingerprint density at radius 2 is 1.75 bits per heavy atom. The van der Waals surface area contributed by atoms with Gasteiger partial charge in [-0.1, -0.05) is 41.7 Å². The van der Waals surface area contributed by atoms with Crippen molar-refractivity contribution in [1.82, 2.24) is 4.57 Å². The van der Waals surface area contributed by atoms with Gasteiger partial charge in [-0.05, 0) is 59.7 Å². The average molecular weight is 393 g/mol. The summed E-state index contributed by atoms with van der Waals surface area (Å²) in [5.74, 6) is -0.480. The van der Waals surface area contributed by atoms with E-state index in [4.69, 9.17) is 4.74 Å². The Hall–Kier alpha value is -3.25. The molecule has 0 radical (unpaired) electrons. The zero-order chi connectivity index (χ0) is 19.7. The molecule has 6 heteroatoms. The highest BCUT2D eigenvalue weighted by Gasteiger charge is 2.17. The second kappa shape index (κ2) is 7.40. The van der Waals surface area contributed by atoms with E-state index in [0.29, 0.717) is 17.0 Å². The van der Waals surface area contributed by atoms with Crippen LogP contribution in [0, 0.1) is 12.7 Å². The summed E-state index contributed by atoms with van der Waals surface area (Å²) >= 11 is 1.05. The molecule has 1 heterocycles. The number of rotatable bonds is 4. The van der Waals surface area contributed by atoms with Crippen LogP contribution in [0.15, 0.2) is 71.5 Å². The van der Waals surface area contributed by atoms with Crippen LogP contribution in [0.5, 0.6) is 5.75 Å². The van der Waals surface area contributed by atoms with Gasteiger partial charge in [0.15, 0.2) is 0 Å². The van der Waals surface area contributed by atoms with Crippen molar-refractivity contribution in [3.05, 3.63) is 87.1 Å². The first kappa shape index (κ1) is 18.1. The molecule has 140 valence electrons. The van der Waals surface area contributed by atoms with Gasteiger partial charge in [0.25, 0.3) is 0 Å². The number of aryl methyl sites for hydroxylation is 1. The maximum Gasteiger partial charge on any atom is 0.331 e. The van der Waals surface area contributed by atoms with Crippen LogP contribution in [-0.4, -0.2) is 10.5 Å². The van der Waals surface area contributed by atoms with Crippen LogP contribution >= 0.6 is 11.3 Å². The largest absolute Gasteiger partial charge is 0.425 e. The van der Waals surface area contributed by atoms with Crippen LogP contribution in [0.1, 0.15) is 4.88 Å². The highest BCUT2D eigenvalue weighted by Crippen LogP contribution is 2.26. The number of aromatic nitrogens is 1. The van der Waals surface area contributed by atoms with E-state index >= 15 is 0 Å². The van der Waals surface area contributed by atoms with E-state index in [-0.39, 0.29) is 17.2 Å². The molecule has 1 aromatic heterocycles. The zero-order valence-electron chi connectivity index (χ0n) is 15.0. The normalized spacial score (nSPS) is 10.9. The standard InChI is InChI=1S/C22H16FNO3S/c1-14-21(16-6-9-18(23)10-7-16)24(22(26)28-14)13-20(25)27-19-11-8-15-4-2-3-5-17(15)12-19/h2-12H,13H2,1H3. The van der Waals surface area contributed by atoms with E-state index in [1.807, 2.05) is 30.3 Å². The van der Waals surface area contributed by atoms with Gasteiger partial charge in [-0.15, -0.1) is 0 Å². The third-order valence-corrected chi connectivity index (χ3v) is 5.32. The van der Waals surface area contributed by atoms with Crippen molar-refractivity contribution in [2.45, 2.75) is 13.5 Å². The predicted octanol–water partition coefficient (Wildman–Crippen LogP) is 4.78. The van der Waals surface area contributed by atoms with Crippen LogP contribution in [0.25, 0.3) is 22.0 Å². The second-order valence-corrected chi connectivity index (χ2v) is 7.51. The third kappa shape index (κ3) is 3.59. The van der Waals surface area contributed by atoms with Crippen molar-refractivity contribution >= 4 is 28.1 Å². The van der Waals surface area contributed by atoms with Crippen molar-refractivity contribution < 1.29 is 13.9 Å². The Kier molecular flexibility index (Phi) is 4.79. The monoisotopic (exact) mass is 393 g/mol. The number of halogens is 1. The van der Waals surface area contributed by atoms with E-state index < -0.39 is 5.97 Å².